The molecule has 2 nitrogen and oxygen atoms in total. The molecule has 0 aliphatic heterocycles. The summed E-state index contributed by atoms with van der Waals surface area (Å²) in [5.41, 5.74) is 0.737. The molecule has 0 saturated carbocycles. The van der Waals surface area contributed by atoms with Gasteiger partial charge in [-0.1, -0.05) is 32.9 Å². The third kappa shape index (κ3) is 4.30. The van der Waals surface area contributed by atoms with E-state index in [0.717, 1.165) is 25.1 Å². The van der Waals surface area contributed by atoms with E-state index >= 15 is 0 Å². The van der Waals surface area contributed by atoms with E-state index in [1.54, 1.807) is 6.07 Å². The van der Waals surface area contributed by atoms with Gasteiger partial charge in [-0.05, 0) is 43.0 Å². The summed E-state index contributed by atoms with van der Waals surface area (Å²) in [4.78, 5) is 0. The van der Waals surface area contributed by atoms with Gasteiger partial charge in [0, 0.05) is 0 Å². The van der Waals surface area contributed by atoms with Crippen molar-refractivity contribution in [2.75, 3.05) is 20.2 Å². The molecule has 0 aliphatic carbocycles. The zero-order chi connectivity index (χ0) is 13.5. The summed E-state index contributed by atoms with van der Waals surface area (Å²) in [6.45, 7) is 8.33. The first-order valence-electron chi connectivity index (χ1n) is 6.59. The molecule has 0 fully saturated rings. The number of rotatable bonds is 7. The van der Waals surface area contributed by atoms with E-state index in [1.807, 2.05) is 12.1 Å². The topological polar surface area (TPSA) is 21.3 Å². The lowest BCUT2D eigenvalue weighted by Crippen LogP contribution is -2.22. The van der Waals surface area contributed by atoms with Crippen LogP contribution in [0.1, 0.15) is 38.7 Å². The molecular weight excluding hydrogens is 229 g/mol. The Morgan fingerprint density at radius 2 is 2.00 bits per heavy atom. The van der Waals surface area contributed by atoms with Gasteiger partial charge in [0.1, 0.15) is 0 Å². The highest BCUT2D eigenvalue weighted by atomic mass is 19.1. The highest BCUT2D eigenvalue weighted by molar-refractivity contribution is 5.33. The molecule has 0 heterocycles. The predicted octanol–water partition coefficient (Wildman–Crippen LogP) is 3.57. The molecule has 1 rings (SSSR count). The molecule has 102 valence electrons. The van der Waals surface area contributed by atoms with Gasteiger partial charge in [0.15, 0.2) is 11.6 Å². The first-order chi connectivity index (χ1) is 8.56. The largest absolute Gasteiger partial charge is 0.494 e. The van der Waals surface area contributed by atoms with Crippen molar-refractivity contribution in [2.24, 2.45) is 5.92 Å². The van der Waals surface area contributed by atoms with Gasteiger partial charge in [0.25, 0.3) is 0 Å². The maximum absolute atomic E-state index is 14.0. The molecule has 18 heavy (non-hydrogen) atoms. The smallest absolute Gasteiger partial charge is 0.168 e. The molecule has 0 amide bonds. The average Bonchev–Trinajstić information content (AvgIpc) is 2.34. The Morgan fingerprint density at radius 1 is 1.28 bits per heavy atom. The van der Waals surface area contributed by atoms with Crippen molar-refractivity contribution in [1.82, 2.24) is 5.32 Å². The number of hydrogen-bond donors (Lipinski definition) is 1. The van der Waals surface area contributed by atoms with Crippen LogP contribution >= 0.6 is 0 Å². The highest BCUT2D eigenvalue weighted by Gasteiger charge is 2.14. The minimum absolute atomic E-state index is 0.194. The van der Waals surface area contributed by atoms with Gasteiger partial charge in [-0.15, -0.1) is 0 Å². The minimum Gasteiger partial charge on any atom is -0.494 e. The van der Waals surface area contributed by atoms with E-state index in [1.165, 1.54) is 7.11 Å². The summed E-state index contributed by atoms with van der Waals surface area (Å²) < 4.78 is 19.0. The zero-order valence-electron chi connectivity index (χ0n) is 11.8. The van der Waals surface area contributed by atoms with E-state index in [4.69, 9.17) is 4.74 Å². The Hall–Kier alpha value is -1.09. The van der Waals surface area contributed by atoms with Crippen LogP contribution < -0.4 is 10.1 Å². The van der Waals surface area contributed by atoms with Crippen molar-refractivity contribution in [3.8, 4) is 5.75 Å². The third-order valence-corrected chi connectivity index (χ3v) is 3.05. The van der Waals surface area contributed by atoms with Crippen LogP contribution in [-0.2, 0) is 0 Å². The van der Waals surface area contributed by atoms with Crippen molar-refractivity contribution >= 4 is 0 Å². The lowest BCUT2D eigenvalue weighted by molar-refractivity contribution is 0.382. The van der Waals surface area contributed by atoms with Crippen molar-refractivity contribution in [3.63, 3.8) is 0 Å². The van der Waals surface area contributed by atoms with E-state index in [9.17, 15) is 4.39 Å². The molecule has 3 heteroatoms. The van der Waals surface area contributed by atoms with E-state index < -0.39 is 0 Å². The predicted molar refractivity (Wildman–Crippen MR) is 73.7 cm³/mol. The second-order valence-electron chi connectivity index (χ2n) is 5.15. The third-order valence-electron chi connectivity index (χ3n) is 3.05. The van der Waals surface area contributed by atoms with E-state index in [-0.39, 0.29) is 11.7 Å². The zero-order valence-corrected chi connectivity index (χ0v) is 11.8. The lowest BCUT2D eigenvalue weighted by atomic mass is 9.97. The van der Waals surface area contributed by atoms with Gasteiger partial charge in [0.05, 0.1) is 7.11 Å². The summed E-state index contributed by atoms with van der Waals surface area (Å²) in [6.07, 6.45) is 0.927. The lowest BCUT2D eigenvalue weighted by Gasteiger charge is -2.15. The van der Waals surface area contributed by atoms with Crippen molar-refractivity contribution in [3.05, 3.63) is 29.6 Å². The summed E-state index contributed by atoms with van der Waals surface area (Å²) in [5, 5.41) is 3.38. The molecular formula is C15H24FNO. The molecule has 0 aliphatic rings. The standard InChI is InChI=1S/C15H24FNO/c1-11(2)10-17-9-8-12(3)13-6-5-7-14(18-4)15(13)16/h5-7,11-12,17H,8-10H2,1-4H3. The summed E-state index contributed by atoms with van der Waals surface area (Å²) in [7, 11) is 1.50. The average molecular weight is 253 g/mol. The van der Waals surface area contributed by atoms with Gasteiger partial charge in [-0.3, -0.25) is 0 Å². The van der Waals surface area contributed by atoms with Crippen LogP contribution in [-0.4, -0.2) is 20.2 Å². The maximum atomic E-state index is 14.0. The highest BCUT2D eigenvalue weighted by Crippen LogP contribution is 2.27. The molecule has 1 aromatic rings. The minimum atomic E-state index is -0.226. The van der Waals surface area contributed by atoms with E-state index in [2.05, 4.69) is 26.1 Å². The Bertz CT molecular complexity index is 366. The molecule has 0 radical (unpaired) electrons. The van der Waals surface area contributed by atoms with Crippen LogP contribution in [0.5, 0.6) is 5.75 Å². The Kier molecular flexibility index (Phi) is 6.13. The SMILES string of the molecule is COc1cccc(C(C)CCNCC(C)C)c1F. The number of hydrogen-bond acceptors (Lipinski definition) is 2. The second kappa shape index (κ2) is 7.37. The quantitative estimate of drug-likeness (QED) is 0.750. The van der Waals surface area contributed by atoms with Crippen LogP contribution in [0.2, 0.25) is 0 Å². The fourth-order valence-electron chi connectivity index (χ4n) is 1.93. The molecule has 1 aromatic carbocycles. The van der Waals surface area contributed by atoms with Gasteiger partial charge in [-0.25, -0.2) is 4.39 Å². The molecule has 0 bridgehead atoms. The fourth-order valence-corrected chi connectivity index (χ4v) is 1.93. The Labute approximate surface area is 110 Å². The second-order valence-corrected chi connectivity index (χ2v) is 5.15. The normalized spacial score (nSPS) is 12.8. The number of benzene rings is 1. The maximum Gasteiger partial charge on any atom is 0.168 e. The van der Waals surface area contributed by atoms with Crippen molar-refractivity contribution in [2.45, 2.75) is 33.1 Å². The van der Waals surface area contributed by atoms with Gasteiger partial charge < -0.3 is 10.1 Å². The van der Waals surface area contributed by atoms with Gasteiger partial charge in [0.2, 0.25) is 0 Å². The van der Waals surface area contributed by atoms with Crippen LogP contribution in [0.25, 0.3) is 0 Å². The number of ether oxygens (including phenoxy) is 1. The van der Waals surface area contributed by atoms with Crippen LogP contribution in [0.3, 0.4) is 0 Å². The van der Waals surface area contributed by atoms with Crippen LogP contribution in [0, 0.1) is 11.7 Å². The Morgan fingerprint density at radius 3 is 2.61 bits per heavy atom. The molecule has 1 N–H and O–H groups in total. The number of halogens is 1. The van der Waals surface area contributed by atoms with Crippen LogP contribution in [0.4, 0.5) is 4.39 Å². The van der Waals surface area contributed by atoms with Gasteiger partial charge in [-0.2, -0.15) is 0 Å². The summed E-state index contributed by atoms with van der Waals surface area (Å²) >= 11 is 0. The fraction of sp³-hybridized carbons (Fsp3) is 0.600. The summed E-state index contributed by atoms with van der Waals surface area (Å²) in [5.74, 6) is 0.944. The molecule has 0 spiro atoms. The molecule has 0 saturated heterocycles. The van der Waals surface area contributed by atoms with Crippen molar-refractivity contribution < 1.29 is 9.13 Å². The number of nitrogens with one attached hydrogen (secondary N) is 1. The van der Waals surface area contributed by atoms with E-state index in [0.29, 0.717) is 11.7 Å². The first-order valence-corrected chi connectivity index (χ1v) is 6.59. The Balaban J connectivity index is 2.53. The number of methoxy groups -OCH3 is 1. The van der Waals surface area contributed by atoms with Crippen LogP contribution in [0.15, 0.2) is 18.2 Å². The first kappa shape index (κ1) is 15.0. The monoisotopic (exact) mass is 253 g/mol. The molecule has 1 atom stereocenters. The molecule has 1 unspecified atom stereocenters. The molecule has 0 aromatic heterocycles. The van der Waals surface area contributed by atoms with Gasteiger partial charge >= 0.3 is 0 Å². The summed E-state index contributed by atoms with van der Waals surface area (Å²) in [6, 6.07) is 5.34. The van der Waals surface area contributed by atoms with Crippen molar-refractivity contribution in [1.29, 1.82) is 0 Å².